The first-order chi connectivity index (χ1) is 22.1. The quantitative estimate of drug-likeness (QED) is 0.162. The van der Waals surface area contributed by atoms with Crippen LogP contribution in [0.2, 0.25) is 0 Å². The third kappa shape index (κ3) is 6.90. The van der Waals surface area contributed by atoms with E-state index in [4.69, 9.17) is 0 Å². The van der Waals surface area contributed by atoms with Gasteiger partial charge in [0.15, 0.2) is 0 Å². The third-order valence-corrected chi connectivity index (χ3v) is 6.76. The molecule has 3 aromatic rings. The van der Waals surface area contributed by atoms with Gasteiger partial charge in [0.2, 0.25) is 0 Å². The maximum Gasteiger partial charge on any atom is 0.642 e. The summed E-state index contributed by atoms with van der Waals surface area (Å²) in [6, 6.07) is 3.78. The van der Waals surface area contributed by atoms with E-state index >= 15 is 0 Å². The van der Waals surface area contributed by atoms with Gasteiger partial charge in [-0.1, -0.05) is 91.0 Å². The monoisotopic (exact) mass is 740 g/mol. The van der Waals surface area contributed by atoms with E-state index in [0.29, 0.717) is 36.4 Å². The summed E-state index contributed by atoms with van der Waals surface area (Å²) < 4.78 is 272. The van der Waals surface area contributed by atoms with Crippen molar-refractivity contribution in [2.75, 3.05) is 0 Å². The standard InChI is InChI=1S/C27H15BF18O3/c29-22(30,31)19(23(32,33)34,16-10-4-1-5-11-16)47-28(48-20(24(35,36)37,25(38,39)40)17-12-6-2-7-13-17)49-21(26(41,42)43,27(44,45)46)18-14-8-3-9-15-18/h1-15H. The molecule has 0 aliphatic rings. The van der Waals surface area contributed by atoms with Gasteiger partial charge in [-0.05, 0) is 0 Å². The Bertz CT molecular complexity index is 1290. The Morgan fingerprint density at radius 2 is 0.449 bits per heavy atom. The zero-order valence-electron chi connectivity index (χ0n) is 23.3. The van der Waals surface area contributed by atoms with E-state index in [0.717, 1.165) is 18.2 Å². The summed E-state index contributed by atoms with van der Waals surface area (Å²) in [7, 11) is -5.41. The van der Waals surface area contributed by atoms with Crippen LogP contribution in [0.15, 0.2) is 91.0 Å². The average Bonchev–Trinajstić information content (AvgIpc) is 2.94. The van der Waals surface area contributed by atoms with E-state index in [1.54, 1.807) is 0 Å². The van der Waals surface area contributed by atoms with E-state index in [-0.39, 0.29) is 36.4 Å². The van der Waals surface area contributed by atoms with Crippen molar-refractivity contribution in [3.8, 4) is 0 Å². The van der Waals surface area contributed by atoms with Gasteiger partial charge >= 0.3 is 44.4 Å². The largest absolute Gasteiger partial charge is 0.642 e. The molecule has 0 saturated carbocycles. The fraction of sp³-hybridized carbons (Fsp3) is 0.333. The van der Waals surface area contributed by atoms with Crippen molar-refractivity contribution in [2.45, 2.75) is 53.9 Å². The molecule has 270 valence electrons. The number of hydrogen-bond acceptors (Lipinski definition) is 3. The van der Waals surface area contributed by atoms with Gasteiger partial charge in [0.05, 0.1) is 0 Å². The van der Waals surface area contributed by atoms with Crippen LogP contribution in [-0.4, -0.2) is 44.4 Å². The van der Waals surface area contributed by atoms with Crippen molar-refractivity contribution >= 4 is 7.32 Å². The fourth-order valence-electron chi connectivity index (χ4n) is 4.59. The average molecular weight is 740 g/mol. The molecule has 3 nitrogen and oxygen atoms in total. The van der Waals surface area contributed by atoms with Crippen LogP contribution in [0.4, 0.5) is 79.0 Å². The Labute approximate surface area is 262 Å². The molecule has 0 atom stereocenters. The second-order valence-corrected chi connectivity index (χ2v) is 9.77. The first kappa shape index (κ1) is 39.8. The smallest absolute Gasteiger partial charge is 0.360 e. The highest BCUT2D eigenvalue weighted by Crippen LogP contribution is 2.59. The SMILES string of the molecule is FC(F)(F)C(OB(OC(c1ccccc1)(C(F)(F)F)C(F)(F)F)OC(c1ccccc1)(C(F)(F)F)C(F)(F)F)(c1ccccc1)C(F)(F)F. The Hall–Kier alpha value is -3.66. The first-order valence-corrected chi connectivity index (χ1v) is 12.7. The van der Waals surface area contributed by atoms with Crippen molar-refractivity contribution in [3.05, 3.63) is 108 Å². The van der Waals surface area contributed by atoms with Gasteiger partial charge in [0.1, 0.15) is 0 Å². The summed E-state index contributed by atoms with van der Waals surface area (Å²) in [6.07, 6.45) is -42.7. The predicted molar refractivity (Wildman–Crippen MR) is 130 cm³/mol. The Morgan fingerprint density at radius 1 is 0.286 bits per heavy atom. The molecule has 3 rings (SSSR count). The molecule has 0 aliphatic carbocycles. The summed E-state index contributed by atoms with van der Waals surface area (Å²) >= 11 is 0. The van der Waals surface area contributed by atoms with Crippen LogP contribution in [0.3, 0.4) is 0 Å². The Kier molecular flexibility index (Phi) is 10.5. The van der Waals surface area contributed by atoms with Gasteiger partial charge in [0, 0.05) is 16.7 Å². The Morgan fingerprint density at radius 3 is 0.592 bits per heavy atom. The predicted octanol–water partition coefficient (Wildman–Crippen LogP) is 10.1. The maximum absolute atomic E-state index is 14.5. The number of rotatable bonds is 9. The third-order valence-electron chi connectivity index (χ3n) is 6.76. The molecule has 0 unspecified atom stereocenters. The number of halogens is 18. The van der Waals surface area contributed by atoms with Gasteiger partial charge in [-0.25, -0.2) is 0 Å². The van der Waals surface area contributed by atoms with E-state index < -0.39 is 77.9 Å². The molecule has 0 N–H and O–H groups in total. The molecule has 0 bridgehead atoms. The van der Waals surface area contributed by atoms with Crippen LogP contribution >= 0.6 is 0 Å². The molecule has 0 aromatic heterocycles. The topological polar surface area (TPSA) is 27.7 Å². The van der Waals surface area contributed by atoms with Crippen LogP contribution in [0, 0.1) is 0 Å². The van der Waals surface area contributed by atoms with Crippen molar-refractivity contribution in [1.82, 2.24) is 0 Å². The molecule has 0 aliphatic heterocycles. The molecular weight excluding hydrogens is 725 g/mol. The highest BCUT2D eigenvalue weighted by molar-refractivity contribution is 6.37. The van der Waals surface area contributed by atoms with E-state index in [2.05, 4.69) is 14.0 Å². The zero-order chi connectivity index (χ0) is 37.5. The molecule has 0 spiro atoms. The number of alkyl halides is 18. The highest BCUT2D eigenvalue weighted by atomic mass is 19.4. The lowest BCUT2D eigenvalue weighted by atomic mass is 9.86. The van der Waals surface area contributed by atoms with E-state index in [1.807, 2.05) is 0 Å². The van der Waals surface area contributed by atoms with Gasteiger partial charge in [-0.15, -0.1) is 0 Å². The second-order valence-electron chi connectivity index (χ2n) is 9.77. The summed E-state index contributed by atoms with van der Waals surface area (Å²) in [5, 5.41) is 0. The summed E-state index contributed by atoms with van der Waals surface area (Å²) in [6.45, 7) is 0. The second kappa shape index (κ2) is 12.9. The van der Waals surface area contributed by atoms with E-state index in [1.165, 1.54) is 0 Å². The van der Waals surface area contributed by atoms with Gasteiger partial charge in [0.25, 0.3) is 16.8 Å². The normalized spacial score (nSPS) is 14.6. The van der Waals surface area contributed by atoms with Crippen LogP contribution in [-0.2, 0) is 30.8 Å². The minimum atomic E-state index is -7.12. The zero-order valence-corrected chi connectivity index (χ0v) is 23.3. The number of benzene rings is 3. The van der Waals surface area contributed by atoms with Gasteiger partial charge in [-0.2, -0.15) is 79.0 Å². The molecule has 0 amide bonds. The summed E-state index contributed by atoms with van der Waals surface area (Å²) in [4.78, 5) is 0. The van der Waals surface area contributed by atoms with Crippen molar-refractivity contribution in [2.24, 2.45) is 0 Å². The number of hydrogen-bond donors (Lipinski definition) is 0. The van der Waals surface area contributed by atoms with Gasteiger partial charge < -0.3 is 14.0 Å². The highest BCUT2D eigenvalue weighted by Gasteiger charge is 2.81. The molecular formula is C27H15BF18O3. The van der Waals surface area contributed by atoms with Crippen molar-refractivity contribution in [1.29, 1.82) is 0 Å². The molecule has 0 saturated heterocycles. The van der Waals surface area contributed by atoms with Gasteiger partial charge in [-0.3, -0.25) is 0 Å². The molecule has 0 heterocycles. The molecule has 22 heteroatoms. The minimum Gasteiger partial charge on any atom is -0.360 e. The maximum atomic E-state index is 14.5. The fourth-order valence-corrected chi connectivity index (χ4v) is 4.59. The van der Waals surface area contributed by atoms with E-state index in [9.17, 15) is 79.0 Å². The Balaban J connectivity index is 2.57. The van der Waals surface area contributed by atoms with Crippen LogP contribution in [0.25, 0.3) is 0 Å². The van der Waals surface area contributed by atoms with Crippen LogP contribution in [0.5, 0.6) is 0 Å². The van der Waals surface area contributed by atoms with Crippen molar-refractivity contribution in [3.63, 3.8) is 0 Å². The van der Waals surface area contributed by atoms with Crippen LogP contribution < -0.4 is 0 Å². The lowest BCUT2D eigenvalue weighted by Gasteiger charge is -2.45. The first-order valence-electron chi connectivity index (χ1n) is 12.7. The molecule has 3 aromatic carbocycles. The lowest BCUT2D eigenvalue weighted by molar-refractivity contribution is -0.408. The molecule has 0 radical (unpaired) electrons. The lowest BCUT2D eigenvalue weighted by Crippen LogP contribution is -2.66. The minimum absolute atomic E-state index is 0.131. The molecule has 0 fully saturated rings. The van der Waals surface area contributed by atoms with Crippen molar-refractivity contribution < 1.29 is 93.0 Å². The summed E-state index contributed by atoms with van der Waals surface area (Å²) in [5.74, 6) is 0. The van der Waals surface area contributed by atoms with Crippen LogP contribution in [0.1, 0.15) is 16.7 Å². The molecule has 49 heavy (non-hydrogen) atoms. The summed E-state index contributed by atoms with van der Waals surface area (Å²) in [5.41, 5.74) is -25.7.